The first-order valence-electron chi connectivity index (χ1n) is 9.66. The molecule has 0 fully saturated rings. The number of aromatic carboxylic acids is 1. The summed E-state index contributed by atoms with van der Waals surface area (Å²) in [4.78, 5) is 41.1. The van der Waals surface area contributed by atoms with Crippen LogP contribution >= 0.6 is 23.1 Å². The Morgan fingerprint density at radius 2 is 1.77 bits per heavy atom. The number of carbonyl (C=O) groups is 3. The molecule has 0 atom stereocenters. The molecule has 1 aromatic heterocycles. The standard InChI is InChI=1S/C23H20N2O4S2/c1-30-17-10-6-5-9-16(17)22(27)25-12-11-15-18(13-25)31-21(19(15)23(28)29)24-20(26)14-7-3-2-4-8-14/h2-10H,11-13H2,1H3,(H,24,26)(H,28,29). The Morgan fingerprint density at radius 1 is 1.06 bits per heavy atom. The van der Waals surface area contributed by atoms with Gasteiger partial charge in [0.25, 0.3) is 11.8 Å². The van der Waals surface area contributed by atoms with Gasteiger partial charge in [-0.2, -0.15) is 0 Å². The molecule has 1 aliphatic rings. The van der Waals surface area contributed by atoms with Crippen LogP contribution in [0.15, 0.2) is 59.5 Å². The van der Waals surface area contributed by atoms with Crippen LogP contribution in [0.5, 0.6) is 0 Å². The molecule has 0 bridgehead atoms. The van der Waals surface area contributed by atoms with Crippen LogP contribution in [0.3, 0.4) is 0 Å². The van der Waals surface area contributed by atoms with Gasteiger partial charge in [0.1, 0.15) is 5.00 Å². The van der Waals surface area contributed by atoms with E-state index in [1.807, 2.05) is 36.6 Å². The molecule has 0 unspecified atom stereocenters. The minimum atomic E-state index is -1.08. The van der Waals surface area contributed by atoms with Gasteiger partial charge in [0.15, 0.2) is 0 Å². The van der Waals surface area contributed by atoms with E-state index in [0.29, 0.717) is 41.2 Å². The Morgan fingerprint density at radius 3 is 2.48 bits per heavy atom. The Labute approximate surface area is 187 Å². The fraction of sp³-hybridized carbons (Fsp3) is 0.174. The number of hydrogen-bond acceptors (Lipinski definition) is 5. The maximum absolute atomic E-state index is 13.1. The topological polar surface area (TPSA) is 86.7 Å². The number of nitrogens with zero attached hydrogens (tertiary/aromatic N) is 1. The normalized spacial score (nSPS) is 12.9. The maximum atomic E-state index is 13.1. The van der Waals surface area contributed by atoms with Gasteiger partial charge in [0.05, 0.1) is 17.7 Å². The molecule has 0 aliphatic carbocycles. The van der Waals surface area contributed by atoms with Crippen molar-refractivity contribution in [3.8, 4) is 0 Å². The monoisotopic (exact) mass is 452 g/mol. The van der Waals surface area contributed by atoms with Gasteiger partial charge in [0.2, 0.25) is 0 Å². The van der Waals surface area contributed by atoms with Crippen LogP contribution in [0.25, 0.3) is 0 Å². The molecule has 0 radical (unpaired) electrons. The Balaban J connectivity index is 1.61. The van der Waals surface area contributed by atoms with Gasteiger partial charge in [0, 0.05) is 21.9 Å². The van der Waals surface area contributed by atoms with Crippen LogP contribution in [0, 0.1) is 0 Å². The van der Waals surface area contributed by atoms with Crippen LogP contribution < -0.4 is 5.32 Å². The molecule has 4 rings (SSSR count). The van der Waals surface area contributed by atoms with E-state index >= 15 is 0 Å². The van der Waals surface area contributed by atoms with Crippen molar-refractivity contribution < 1.29 is 19.5 Å². The summed E-state index contributed by atoms with van der Waals surface area (Å²) in [6, 6.07) is 16.1. The highest BCUT2D eigenvalue weighted by atomic mass is 32.2. The fourth-order valence-electron chi connectivity index (χ4n) is 3.65. The smallest absolute Gasteiger partial charge is 0.339 e. The number of hydrogen-bond donors (Lipinski definition) is 2. The minimum Gasteiger partial charge on any atom is -0.478 e. The van der Waals surface area contributed by atoms with Crippen LogP contribution in [-0.4, -0.2) is 40.6 Å². The van der Waals surface area contributed by atoms with Crippen molar-refractivity contribution in [2.24, 2.45) is 0 Å². The summed E-state index contributed by atoms with van der Waals surface area (Å²) in [5.74, 6) is -1.51. The maximum Gasteiger partial charge on any atom is 0.339 e. The number of thiophene rings is 1. The van der Waals surface area contributed by atoms with Gasteiger partial charge in [-0.25, -0.2) is 4.79 Å². The molecule has 2 N–H and O–H groups in total. The largest absolute Gasteiger partial charge is 0.478 e. The lowest BCUT2D eigenvalue weighted by Crippen LogP contribution is -2.36. The van der Waals surface area contributed by atoms with E-state index in [1.165, 1.54) is 23.1 Å². The molecule has 3 aromatic rings. The van der Waals surface area contributed by atoms with E-state index in [0.717, 1.165) is 9.77 Å². The van der Waals surface area contributed by atoms with Gasteiger partial charge >= 0.3 is 5.97 Å². The molecule has 158 valence electrons. The molecule has 0 saturated heterocycles. The number of carboxylic acids is 1. The van der Waals surface area contributed by atoms with E-state index in [1.54, 1.807) is 29.2 Å². The third kappa shape index (κ3) is 4.22. The van der Waals surface area contributed by atoms with E-state index in [9.17, 15) is 19.5 Å². The van der Waals surface area contributed by atoms with Crippen molar-refractivity contribution in [2.45, 2.75) is 17.9 Å². The summed E-state index contributed by atoms with van der Waals surface area (Å²) in [7, 11) is 0. The Hall–Kier alpha value is -3.10. The number of amides is 2. The summed E-state index contributed by atoms with van der Waals surface area (Å²) in [6.45, 7) is 0.751. The molecular formula is C23H20N2O4S2. The molecule has 0 saturated carbocycles. The second-order valence-corrected chi connectivity index (χ2v) is 8.96. The highest BCUT2D eigenvalue weighted by Gasteiger charge is 2.31. The number of rotatable bonds is 5. The van der Waals surface area contributed by atoms with E-state index in [2.05, 4.69) is 5.32 Å². The number of benzene rings is 2. The lowest BCUT2D eigenvalue weighted by Gasteiger charge is -2.27. The highest BCUT2D eigenvalue weighted by molar-refractivity contribution is 7.98. The van der Waals surface area contributed by atoms with Gasteiger partial charge in [-0.05, 0) is 42.5 Å². The number of anilines is 1. The molecule has 1 aliphatic heterocycles. The minimum absolute atomic E-state index is 0.0734. The zero-order valence-corrected chi connectivity index (χ0v) is 18.4. The predicted octanol–water partition coefficient (Wildman–Crippen LogP) is 4.62. The Kier molecular flexibility index (Phi) is 6.11. The van der Waals surface area contributed by atoms with Gasteiger partial charge in [-0.15, -0.1) is 23.1 Å². The number of carboxylic acid groups (broad SMARTS) is 1. The summed E-state index contributed by atoms with van der Waals surface area (Å²) in [5.41, 5.74) is 1.92. The van der Waals surface area contributed by atoms with E-state index < -0.39 is 5.97 Å². The van der Waals surface area contributed by atoms with Crippen LogP contribution in [0.1, 0.15) is 41.5 Å². The summed E-state index contributed by atoms with van der Waals surface area (Å²) in [5, 5.41) is 12.8. The molecule has 2 aromatic carbocycles. The number of fused-ring (bicyclic) bond motifs is 1. The van der Waals surface area contributed by atoms with Crippen LogP contribution in [0.4, 0.5) is 5.00 Å². The van der Waals surface area contributed by atoms with E-state index in [-0.39, 0.29) is 17.4 Å². The first-order chi connectivity index (χ1) is 15.0. The SMILES string of the molecule is CSc1ccccc1C(=O)N1CCc2c(sc(NC(=O)c3ccccc3)c2C(=O)O)C1. The van der Waals surface area contributed by atoms with Crippen LogP contribution in [0.2, 0.25) is 0 Å². The average Bonchev–Trinajstić information content (AvgIpc) is 3.16. The van der Waals surface area contributed by atoms with Crippen molar-refractivity contribution in [1.82, 2.24) is 4.90 Å². The van der Waals surface area contributed by atoms with Gasteiger partial charge < -0.3 is 15.3 Å². The third-order valence-corrected chi connectivity index (χ3v) is 7.09. The number of carbonyl (C=O) groups excluding carboxylic acids is 2. The Bertz CT molecular complexity index is 1160. The first kappa shape index (κ1) is 21.1. The molecule has 31 heavy (non-hydrogen) atoms. The fourth-order valence-corrected chi connectivity index (χ4v) is 5.49. The lowest BCUT2D eigenvalue weighted by atomic mass is 10.0. The third-order valence-electron chi connectivity index (χ3n) is 5.16. The van der Waals surface area contributed by atoms with Crippen molar-refractivity contribution in [2.75, 3.05) is 18.1 Å². The first-order valence-corrected chi connectivity index (χ1v) is 11.7. The molecule has 2 heterocycles. The number of nitrogens with one attached hydrogen (secondary N) is 1. The zero-order valence-electron chi connectivity index (χ0n) is 16.8. The molecule has 8 heteroatoms. The van der Waals surface area contributed by atoms with E-state index in [4.69, 9.17) is 0 Å². The average molecular weight is 453 g/mol. The van der Waals surface area contributed by atoms with Crippen molar-refractivity contribution in [3.05, 3.63) is 81.7 Å². The summed E-state index contributed by atoms with van der Waals surface area (Å²) in [6.07, 6.45) is 2.36. The number of thioether (sulfide) groups is 1. The lowest BCUT2D eigenvalue weighted by molar-refractivity contribution is 0.0696. The van der Waals surface area contributed by atoms with Crippen molar-refractivity contribution >= 4 is 45.9 Å². The molecule has 2 amide bonds. The predicted molar refractivity (Wildman–Crippen MR) is 122 cm³/mol. The second kappa shape index (κ2) is 8.95. The molecular weight excluding hydrogens is 432 g/mol. The van der Waals surface area contributed by atoms with Crippen molar-refractivity contribution in [3.63, 3.8) is 0 Å². The van der Waals surface area contributed by atoms with Crippen molar-refractivity contribution in [1.29, 1.82) is 0 Å². The molecule has 0 spiro atoms. The zero-order chi connectivity index (χ0) is 22.0. The van der Waals surface area contributed by atoms with Gasteiger partial charge in [-0.3, -0.25) is 9.59 Å². The second-order valence-electron chi connectivity index (χ2n) is 7.01. The highest BCUT2D eigenvalue weighted by Crippen LogP contribution is 2.38. The quantitative estimate of drug-likeness (QED) is 0.552. The summed E-state index contributed by atoms with van der Waals surface area (Å²) >= 11 is 2.75. The summed E-state index contributed by atoms with van der Waals surface area (Å²) < 4.78 is 0. The van der Waals surface area contributed by atoms with Gasteiger partial charge in [-0.1, -0.05) is 30.3 Å². The van der Waals surface area contributed by atoms with Crippen LogP contribution in [-0.2, 0) is 13.0 Å². The molecule has 6 nitrogen and oxygen atoms in total.